The van der Waals surface area contributed by atoms with Gasteiger partial charge in [-0.2, -0.15) is 0 Å². The summed E-state index contributed by atoms with van der Waals surface area (Å²) in [6.45, 7) is 0. The first-order chi connectivity index (χ1) is 13.3. The van der Waals surface area contributed by atoms with Crippen LogP contribution in [0.15, 0.2) is 66.7 Å². The van der Waals surface area contributed by atoms with E-state index < -0.39 is 0 Å². The third-order valence-electron chi connectivity index (χ3n) is 5.82. The monoisotopic (exact) mass is 376 g/mol. The molecule has 3 fully saturated rings. The average molecular weight is 376 g/mol. The molecule has 3 aliphatic heterocycles. The fourth-order valence-corrected chi connectivity index (χ4v) is 5.93. The lowest BCUT2D eigenvalue weighted by Gasteiger charge is -2.25. The van der Waals surface area contributed by atoms with Crippen molar-refractivity contribution in [3.05, 3.63) is 72.3 Å². The van der Waals surface area contributed by atoms with Crippen molar-refractivity contribution in [1.82, 2.24) is 4.90 Å². The zero-order chi connectivity index (χ0) is 18.4. The molecular formula is C22H20N2O2S. The number of rotatable bonds is 3. The Hall–Kier alpha value is -2.37. The number of carbonyl (C=O) groups is 2. The van der Waals surface area contributed by atoms with Gasteiger partial charge in [-0.05, 0) is 17.7 Å². The topological polar surface area (TPSA) is 40.6 Å². The van der Waals surface area contributed by atoms with Gasteiger partial charge >= 0.3 is 0 Å². The molecule has 0 bridgehead atoms. The summed E-state index contributed by atoms with van der Waals surface area (Å²) >= 11 is 1.85. The first-order valence-corrected chi connectivity index (χ1v) is 10.4. The standard InChI is InChI=1S/C22H20N2O2S/c25-21-19-17(12-11-15-7-3-1-4-8-15)23-14-27-13-18(23)20(19)22(26)24(21)16-9-5-2-6-10-16/h1-12,17-20H,13-14H2/b12-11+. The second kappa shape index (κ2) is 6.66. The lowest BCUT2D eigenvalue weighted by atomic mass is 9.89. The van der Waals surface area contributed by atoms with Gasteiger partial charge in [-0.15, -0.1) is 11.8 Å². The van der Waals surface area contributed by atoms with E-state index >= 15 is 0 Å². The van der Waals surface area contributed by atoms with E-state index in [1.807, 2.05) is 60.3 Å². The molecule has 3 aliphatic rings. The molecule has 5 rings (SSSR count). The second-order valence-corrected chi connectivity index (χ2v) is 8.24. The SMILES string of the molecule is O=C1C2C(C(=O)N1c1ccccc1)C1CSCN1C2/C=C/c1ccccc1. The smallest absolute Gasteiger partial charge is 0.239 e. The van der Waals surface area contributed by atoms with E-state index in [0.717, 1.165) is 17.2 Å². The summed E-state index contributed by atoms with van der Waals surface area (Å²) in [6.07, 6.45) is 4.20. The molecule has 0 spiro atoms. The van der Waals surface area contributed by atoms with Gasteiger partial charge in [-0.3, -0.25) is 14.5 Å². The van der Waals surface area contributed by atoms with Crippen molar-refractivity contribution in [2.75, 3.05) is 16.5 Å². The Labute approximate surface area is 162 Å². The molecule has 0 aliphatic carbocycles. The van der Waals surface area contributed by atoms with Crippen LogP contribution in [0.25, 0.3) is 6.08 Å². The number of amides is 2. The van der Waals surface area contributed by atoms with Gasteiger partial charge in [0.2, 0.25) is 11.8 Å². The predicted octanol–water partition coefficient (Wildman–Crippen LogP) is 3.26. The number of fused-ring (bicyclic) bond motifs is 3. The van der Waals surface area contributed by atoms with Gasteiger partial charge in [-0.1, -0.05) is 60.7 Å². The molecule has 0 saturated carbocycles. The normalized spacial score (nSPS) is 30.3. The Kier molecular flexibility index (Phi) is 4.14. The maximum atomic E-state index is 13.3. The quantitative estimate of drug-likeness (QED) is 0.771. The molecule has 3 saturated heterocycles. The zero-order valence-corrected chi connectivity index (χ0v) is 15.6. The minimum absolute atomic E-state index is 0.0274. The van der Waals surface area contributed by atoms with Crippen molar-refractivity contribution < 1.29 is 9.59 Å². The van der Waals surface area contributed by atoms with Crippen LogP contribution < -0.4 is 4.90 Å². The Balaban J connectivity index is 1.51. The summed E-state index contributed by atoms with van der Waals surface area (Å²) in [5.74, 6) is 1.18. The maximum absolute atomic E-state index is 13.3. The third-order valence-corrected chi connectivity index (χ3v) is 6.88. The number of imide groups is 1. The molecule has 136 valence electrons. The van der Waals surface area contributed by atoms with Crippen LogP contribution in [-0.2, 0) is 9.59 Å². The average Bonchev–Trinajstić information content (AvgIpc) is 3.34. The Bertz CT molecular complexity index is 899. The fourth-order valence-electron chi connectivity index (χ4n) is 4.61. The molecule has 0 N–H and O–H groups in total. The van der Waals surface area contributed by atoms with E-state index in [1.54, 1.807) is 0 Å². The molecule has 2 aromatic carbocycles. The Morgan fingerprint density at radius 1 is 0.889 bits per heavy atom. The van der Waals surface area contributed by atoms with Crippen LogP contribution in [0, 0.1) is 11.8 Å². The van der Waals surface area contributed by atoms with E-state index in [-0.39, 0.29) is 35.7 Å². The van der Waals surface area contributed by atoms with E-state index in [1.165, 1.54) is 4.90 Å². The zero-order valence-electron chi connectivity index (χ0n) is 14.8. The largest absolute Gasteiger partial charge is 0.282 e. The summed E-state index contributed by atoms with van der Waals surface area (Å²) in [6, 6.07) is 19.6. The van der Waals surface area contributed by atoms with Crippen molar-refractivity contribution in [3.8, 4) is 0 Å². The number of hydrogen-bond acceptors (Lipinski definition) is 4. The van der Waals surface area contributed by atoms with E-state index in [4.69, 9.17) is 0 Å². The van der Waals surface area contributed by atoms with Gasteiger partial charge in [0.15, 0.2) is 0 Å². The summed E-state index contributed by atoms with van der Waals surface area (Å²) in [5, 5.41) is 0. The first-order valence-electron chi connectivity index (χ1n) is 9.25. The molecular weight excluding hydrogens is 356 g/mol. The number of para-hydroxylation sites is 1. The van der Waals surface area contributed by atoms with Gasteiger partial charge in [0.25, 0.3) is 0 Å². The summed E-state index contributed by atoms with van der Waals surface area (Å²) in [7, 11) is 0. The van der Waals surface area contributed by atoms with E-state index in [9.17, 15) is 9.59 Å². The Morgan fingerprint density at radius 3 is 2.30 bits per heavy atom. The van der Waals surface area contributed by atoms with Crippen LogP contribution in [0.1, 0.15) is 5.56 Å². The molecule has 2 amide bonds. The van der Waals surface area contributed by atoms with Crippen LogP contribution >= 0.6 is 11.8 Å². The fraction of sp³-hybridized carbons (Fsp3) is 0.273. The van der Waals surface area contributed by atoms with Gasteiger partial charge < -0.3 is 0 Å². The van der Waals surface area contributed by atoms with E-state index in [0.29, 0.717) is 5.69 Å². The van der Waals surface area contributed by atoms with Crippen LogP contribution in [0.4, 0.5) is 5.69 Å². The summed E-state index contributed by atoms with van der Waals surface area (Å²) < 4.78 is 0. The molecule has 2 aromatic rings. The highest BCUT2D eigenvalue weighted by Crippen LogP contribution is 2.48. The molecule has 4 unspecified atom stereocenters. The van der Waals surface area contributed by atoms with Crippen LogP contribution in [0.2, 0.25) is 0 Å². The van der Waals surface area contributed by atoms with Crippen molar-refractivity contribution in [2.24, 2.45) is 11.8 Å². The Morgan fingerprint density at radius 2 is 1.56 bits per heavy atom. The molecule has 0 aromatic heterocycles. The van der Waals surface area contributed by atoms with Crippen molar-refractivity contribution in [1.29, 1.82) is 0 Å². The highest BCUT2D eigenvalue weighted by atomic mass is 32.2. The van der Waals surface area contributed by atoms with Gasteiger partial charge in [0, 0.05) is 23.7 Å². The van der Waals surface area contributed by atoms with Crippen LogP contribution in [0.3, 0.4) is 0 Å². The van der Waals surface area contributed by atoms with Crippen molar-refractivity contribution >= 4 is 35.3 Å². The lowest BCUT2D eigenvalue weighted by Crippen LogP contribution is -2.42. The van der Waals surface area contributed by atoms with Crippen molar-refractivity contribution in [3.63, 3.8) is 0 Å². The molecule has 3 heterocycles. The molecule has 4 nitrogen and oxygen atoms in total. The molecule has 4 atom stereocenters. The molecule has 5 heteroatoms. The maximum Gasteiger partial charge on any atom is 0.239 e. The minimum atomic E-state index is -0.288. The molecule has 27 heavy (non-hydrogen) atoms. The van der Waals surface area contributed by atoms with Gasteiger partial charge in [0.05, 0.1) is 17.5 Å². The predicted molar refractivity (Wildman–Crippen MR) is 108 cm³/mol. The highest BCUT2D eigenvalue weighted by Gasteiger charge is 2.62. The van der Waals surface area contributed by atoms with Crippen LogP contribution in [0.5, 0.6) is 0 Å². The number of benzene rings is 2. The number of hydrogen-bond donors (Lipinski definition) is 0. The first kappa shape index (κ1) is 16.8. The summed E-state index contributed by atoms with van der Waals surface area (Å²) in [4.78, 5) is 30.3. The van der Waals surface area contributed by atoms with Crippen LogP contribution in [-0.4, -0.2) is 40.4 Å². The van der Waals surface area contributed by atoms with Crippen molar-refractivity contribution in [2.45, 2.75) is 12.1 Å². The minimum Gasteiger partial charge on any atom is -0.282 e. The highest BCUT2D eigenvalue weighted by molar-refractivity contribution is 7.99. The number of thioether (sulfide) groups is 1. The number of nitrogens with zero attached hydrogens (tertiary/aromatic N) is 2. The van der Waals surface area contributed by atoms with E-state index in [2.05, 4.69) is 29.2 Å². The van der Waals surface area contributed by atoms with Gasteiger partial charge in [-0.25, -0.2) is 4.90 Å². The number of carbonyl (C=O) groups excluding carboxylic acids is 2. The summed E-state index contributed by atoms with van der Waals surface area (Å²) in [5.41, 5.74) is 1.80. The number of anilines is 1. The van der Waals surface area contributed by atoms with Gasteiger partial charge in [0.1, 0.15) is 0 Å². The third kappa shape index (κ3) is 2.65. The second-order valence-electron chi connectivity index (χ2n) is 7.24. The molecule has 0 radical (unpaired) electrons. The lowest BCUT2D eigenvalue weighted by molar-refractivity contribution is -0.123.